The maximum Gasteiger partial charge on any atom is 0.264 e. The van der Waals surface area contributed by atoms with Crippen LogP contribution >= 0.6 is 0 Å². The van der Waals surface area contributed by atoms with Gasteiger partial charge in [0.25, 0.3) is 10.0 Å². The minimum Gasteiger partial charge on any atom is -0.495 e. The summed E-state index contributed by atoms with van der Waals surface area (Å²) in [5, 5.41) is 3.04. The van der Waals surface area contributed by atoms with Crippen LogP contribution in [-0.2, 0) is 26.2 Å². The average molecular weight is 596 g/mol. The predicted molar refractivity (Wildman–Crippen MR) is 160 cm³/mol. The fourth-order valence-corrected chi connectivity index (χ4v) is 6.52. The highest BCUT2D eigenvalue weighted by atomic mass is 32.2. The molecule has 3 aromatic rings. The van der Waals surface area contributed by atoms with Crippen molar-refractivity contribution in [3.63, 3.8) is 0 Å². The minimum atomic E-state index is -4.24. The van der Waals surface area contributed by atoms with E-state index in [4.69, 9.17) is 4.74 Å². The van der Waals surface area contributed by atoms with Gasteiger partial charge in [0, 0.05) is 12.6 Å². The van der Waals surface area contributed by atoms with Gasteiger partial charge >= 0.3 is 0 Å². The third kappa shape index (κ3) is 7.28. The molecule has 42 heavy (non-hydrogen) atoms. The molecular weight excluding hydrogens is 557 g/mol. The number of hydrogen-bond acceptors (Lipinski definition) is 5. The predicted octanol–water partition coefficient (Wildman–Crippen LogP) is 5.12. The Labute approximate surface area is 247 Å². The lowest BCUT2D eigenvalue weighted by Crippen LogP contribution is -2.52. The van der Waals surface area contributed by atoms with Crippen LogP contribution in [0, 0.1) is 19.7 Å². The van der Waals surface area contributed by atoms with Crippen LogP contribution in [0.5, 0.6) is 5.75 Å². The summed E-state index contributed by atoms with van der Waals surface area (Å²) in [7, 11) is -2.80. The number of carbonyl (C=O) groups excluding carboxylic acids is 2. The number of nitrogens with one attached hydrogen (secondary N) is 1. The summed E-state index contributed by atoms with van der Waals surface area (Å²) in [5.74, 6) is -1.06. The van der Waals surface area contributed by atoms with Crippen molar-refractivity contribution in [2.75, 3.05) is 18.0 Å². The number of sulfonamides is 1. The summed E-state index contributed by atoms with van der Waals surface area (Å²) < 4.78 is 48.4. The van der Waals surface area contributed by atoms with Gasteiger partial charge in [0.1, 0.15) is 24.2 Å². The number of benzene rings is 3. The Bertz CT molecular complexity index is 1500. The zero-order valence-corrected chi connectivity index (χ0v) is 25.3. The first-order valence-corrected chi connectivity index (χ1v) is 15.5. The highest BCUT2D eigenvalue weighted by molar-refractivity contribution is 7.92. The first-order chi connectivity index (χ1) is 20.0. The molecule has 4 rings (SSSR count). The zero-order chi connectivity index (χ0) is 30.4. The minimum absolute atomic E-state index is 0.0122. The number of ether oxygens (including phenoxy) is 1. The van der Waals surface area contributed by atoms with Crippen molar-refractivity contribution < 1.29 is 27.1 Å². The van der Waals surface area contributed by atoms with E-state index in [0.29, 0.717) is 5.56 Å². The molecule has 0 spiro atoms. The van der Waals surface area contributed by atoms with Crippen LogP contribution in [0.1, 0.15) is 49.3 Å². The van der Waals surface area contributed by atoms with Crippen molar-refractivity contribution in [2.24, 2.45) is 0 Å². The Hall–Kier alpha value is -3.92. The Morgan fingerprint density at radius 1 is 0.976 bits per heavy atom. The van der Waals surface area contributed by atoms with Gasteiger partial charge in [-0.05, 0) is 81.1 Å². The number of methoxy groups -OCH3 is 1. The Kier molecular flexibility index (Phi) is 9.88. The molecule has 0 aliphatic heterocycles. The molecule has 0 radical (unpaired) electrons. The van der Waals surface area contributed by atoms with Gasteiger partial charge in [0.15, 0.2) is 0 Å². The topological polar surface area (TPSA) is 96.0 Å². The fourth-order valence-electron chi connectivity index (χ4n) is 5.11. The number of carbonyl (C=O) groups is 2. The number of amides is 2. The standard InChI is InChI=1S/C32H38FN3O5S/c1-22-9-16-28(17-10-22)42(39,40)36(29-19-23(2)11-18-30(29)41-4)21-31(37)35(20-25-12-14-26(33)15-13-25)24(3)32(38)34-27-7-5-6-8-27/h9-19,24,27H,5-8,20-21H2,1-4H3,(H,34,38)/t24-/m0/s1. The lowest BCUT2D eigenvalue weighted by Gasteiger charge is -2.33. The number of halogens is 1. The van der Waals surface area contributed by atoms with E-state index in [1.165, 1.54) is 36.3 Å². The van der Waals surface area contributed by atoms with E-state index in [9.17, 15) is 22.4 Å². The normalized spacial score (nSPS) is 14.3. The summed E-state index contributed by atoms with van der Waals surface area (Å²) in [6.07, 6.45) is 3.81. The molecule has 1 N–H and O–H groups in total. The molecular formula is C32H38FN3O5S. The Morgan fingerprint density at radius 2 is 1.60 bits per heavy atom. The molecule has 10 heteroatoms. The van der Waals surface area contributed by atoms with Crippen LogP contribution in [-0.4, -0.2) is 50.9 Å². The molecule has 8 nitrogen and oxygen atoms in total. The van der Waals surface area contributed by atoms with Gasteiger partial charge in [-0.1, -0.05) is 48.7 Å². The molecule has 1 aliphatic rings. The number of nitrogens with zero attached hydrogens (tertiary/aromatic N) is 2. The summed E-state index contributed by atoms with van der Waals surface area (Å²) in [6.45, 7) is 4.70. The van der Waals surface area contributed by atoms with Gasteiger partial charge < -0.3 is 15.0 Å². The lowest BCUT2D eigenvalue weighted by molar-refractivity contribution is -0.139. The zero-order valence-electron chi connectivity index (χ0n) is 24.5. The summed E-state index contributed by atoms with van der Waals surface area (Å²) in [4.78, 5) is 28.8. The smallest absolute Gasteiger partial charge is 0.264 e. The molecule has 0 heterocycles. The van der Waals surface area contributed by atoms with Crippen molar-refractivity contribution in [3.05, 3.63) is 89.2 Å². The van der Waals surface area contributed by atoms with E-state index in [0.717, 1.165) is 41.1 Å². The van der Waals surface area contributed by atoms with E-state index < -0.39 is 34.3 Å². The van der Waals surface area contributed by atoms with Gasteiger partial charge in [-0.3, -0.25) is 13.9 Å². The number of hydrogen-bond donors (Lipinski definition) is 1. The highest BCUT2D eigenvalue weighted by Gasteiger charge is 2.34. The van der Waals surface area contributed by atoms with Gasteiger partial charge in [0.2, 0.25) is 11.8 Å². The average Bonchev–Trinajstić information content (AvgIpc) is 3.48. The first-order valence-electron chi connectivity index (χ1n) is 14.1. The third-order valence-electron chi connectivity index (χ3n) is 7.63. The molecule has 0 aromatic heterocycles. The Morgan fingerprint density at radius 3 is 2.21 bits per heavy atom. The monoisotopic (exact) mass is 595 g/mol. The quantitative estimate of drug-likeness (QED) is 0.332. The lowest BCUT2D eigenvalue weighted by atomic mass is 10.1. The highest BCUT2D eigenvalue weighted by Crippen LogP contribution is 2.34. The SMILES string of the molecule is COc1ccc(C)cc1N(CC(=O)N(Cc1ccc(F)cc1)[C@@H](C)C(=O)NC1CCCC1)S(=O)(=O)c1ccc(C)cc1. The van der Waals surface area contributed by atoms with E-state index in [1.54, 1.807) is 49.4 Å². The van der Waals surface area contributed by atoms with E-state index in [-0.39, 0.29) is 34.8 Å². The van der Waals surface area contributed by atoms with Gasteiger partial charge in [-0.2, -0.15) is 0 Å². The Balaban J connectivity index is 1.73. The van der Waals surface area contributed by atoms with E-state index in [1.807, 2.05) is 13.8 Å². The van der Waals surface area contributed by atoms with Crippen molar-refractivity contribution in [2.45, 2.75) is 70.0 Å². The van der Waals surface area contributed by atoms with Gasteiger partial charge in [-0.15, -0.1) is 0 Å². The van der Waals surface area contributed by atoms with Crippen molar-refractivity contribution >= 4 is 27.5 Å². The maximum absolute atomic E-state index is 14.1. The van der Waals surface area contributed by atoms with Crippen LogP contribution in [0.3, 0.4) is 0 Å². The number of aryl methyl sites for hydroxylation is 2. The van der Waals surface area contributed by atoms with Gasteiger partial charge in [-0.25, -0.2) is 12.8 Å². The van der Waals surface area contributed by atoms with Crippen molar-refractivity contribution in [3.8, 4) is 5.75 Å². The van der Waals surface area contributed by atoms with Crippen LogP contribution < -0.4 is 14.4 Å². The summed E-state index contributed by atoms with van der Waals surface area (Å²) in [6, 6.07) is 16.3. The number of anilines is 1. The molecule has 2 amide bonds. The second-order valence-electron chi connectivity index (χ2n) is 10.8. The van der Waals surface area contributed by atoms with Crippen molar-refractivity contribution in [1.82, 2.24) is 10.2 Å². The first kappa shape index (κ1) is 31.0. The molecule has 1 aliphatic carbocycles. The molecule has 0 unspecified atom stereocenters. The molecule has 0 bridgehead atoms. The largest absolute Gasteiger partial charge is 0.495 e. The summed E-state index contributed by atoms with van der Waals surface area (Å²) >= 11 is 0. The van der Waals surface area contributed by atoms with E-state index in [2.05, 4.69) is 5.32 Å². The second-order valence-corrected chi connectivity index (χ2v) is 12.7. The molecule has 1 atom stereocenters. The molecule has 3 aromatic carbocycles. The fraction of sp³-hybridized carbons (Fsp3) is 0.375. The summed E-state index contributed by atoms with van der Waals surface area (Å²) in [5.41, 5.74) is 2.47. The van der Waals surface area contributed by atoms with Crippen LogP contribution in [0.4, 0.5) is 10.1 Å². The van der Waals surface area contributed by atoms with Crippen LogP contribution in [0.25, 0.3) is 0 Å². The van der Waals surface area contributed by atoms with Crippen LogP contribution in [0.15, 0.2) is 71.6 Å². The van der Waals surface area contributed by atoms with Crippen LogP contribution in [0.2, 0.25) is 0 Å². The molecule has 0 saturated heterocycles. The maximum atomic E-state index is 14.1. The van der Waals surface area contributed by atoms with Gasteiger partial charge in [0.05, 0.1) is 17.7 Å². The van der Waals surface area contributed by atoms with Crippen molar-refractivity contribution in [1.29, 1.82) is 0 Å². The molecule has 224 valence electrons. The molecule has 1 fully saturated rings. The third-order valence-corrected chi connectivity index (χ3v) is 9.40. The number of rotatable bonds is 11. The second kappa shape index (κ2) is 13.4. The molecule has 1 saturated carbocycles. The van der Waals surface area contributed by atoms with E-state index >= 15 is 0 Å².